The van der Waals surface area contributed by atoms with Crippen LogP contribution in [0.15, 0.2) is 22.7 Å². The highest BCUT2D eigenvalue weighted by molar-refractivity contribution is 9.10. The minimum Gasteiger partial charge on any atom is -0.388 e. The van der Waals surface area contributed by atoms with Gasteiger partial charge in [-0.1, -0.05) is 15.9 Å². The summed E-state index contributed by atoms with van der Waals surface area (Å²) >= 11 is 3.40. The zero-order valence-corrected chi connectivity index (χ0v) is 13.1. The first-order chi connectivity index (χ1) is 8.04. The first-order valence-corrected chi connectivity index (χ1v) is 6.65. The number of aliphatic hydroxyl groups is 1. The van der Waals surface area contributed by atoms with Crippen LogP contribution in [0.25, 0.3) is 0 Å². The van der Waals surface area contributed by atoms with Crippen LogP contribution in [0.1, 0.15) is 43.6 Å². The molecule has 0 atom stereocenters. The fourth-order valence-electron chi connectivity index (χ4n) is 1.29. The van der Waals surface area contributed by atoms with E-state index in [-0.39, 0.29) is 5.91 Å². The van der Waals surface area contributed by atoms with E-state index in [9.17, 15) is 9.90 Å². The van der Waals surface area contributed by atoms with Crippen LogP contribution in [0.3, 0.4) is 0 Å². The molecule has 0 fully saturated rings. The molecule has 1 amide bonds. The van der Waals surface area contributed by atoms with Gasteiger partial charge in [-0.05, 0) is 58.4 Å². The molecule has 0 heterocycles. The molecule has 1 aromatic rings. The number of hydrogen-bond acceptors (Lipinski definition) is 2. The molecule has 0 aliphatic carbocycles. The lowest BCUT2D eigenvalue weighted by molar-refractivity contribution is -0.00292. The molecule has 0 spiro atoms. The summed E-state index contributed by atoms with van der Waals surface area (Å²) in [7, 11) is 0. The zero-order chi connectivity index (χ0) is 14.1. The Hall–Kier alpha value is -0.870. The van der Waals surface area contributed by atoms with E-state index in [0.717, 1.165) is 10.0 Å². The van der Waals surface area contributed by atoms with E-state index in [2.05, 4.69) is 21.2 Å². The second-order valence-electron chi connectivity index (χ2n) is 5.60. The van der Waals surface area contributed by atoms with Crippen molar-refractivity contribution in [1.29, 1.82) is 0 Å². The van der Waals surface area contributed by atoms with Gasteiger partial charge >= 0.3 is 0 Å². The Kier molecular flexibility index (Phi) is 4.23. The number of nitrogens with one attached hydrogen (secondary N) is 1. The van der Waals surface area contributed by atoms with Crippen molar-refractivity contribution in [1.82, 2.24) is 5.32 Å². The Balaban J connectivity index is 2.93. The van der Waals surface area contributed by atoms with Gasteiger partial charge in [-0.15, -0.1) is 0 Å². The van der Waals surface area contributed by atoms with Crippen molar-refractivity contribution >= 4 is 21.8 Å². The van der Waals surface area contributed by atoms with Gasteiger partial charge in [0.25, 0.3) is 5.91 Å². The lowest BCUT2D eigenvalue weighted by Gasteiger charge is -2.38. The van der Waals surface area contributed by atoms with Crippen molar-refractivity contribution in [3.8, 4) is 0 Å². The van der Waals surface area contributed by atoms with Gasteiger partial charge in [-0.3, -0.25) is 4.79 Å². The molecule has 18 heavy (non-hydrogen) atoms. The van der Waals surface area contributed by atoms with Crippen molar-refractivity contribution in [2.24, 2.45) is 0 Å². The van der Waals surface area contributed by atoms with Gasteiger partial charge in [0.05, 0.1) is 11.1 Å². The number of hydrogen-bond donors (Lipinski definition) is 2. The largest absolute Gasteiger partial charge is 0.388 e. The van der Waals surface area contributed by atoms with Crippen LogP contribution in [0, 0.1) is 6.92 Å². The number of halogens is 1. The van der Waals surface area contributed by atoms with Gasteiger partial charge in [-0.25, -0.2) is 0 Å². The average Bonchev–Trinajstić information content (AvgIpc) is 2.19. The molecule has 3 nitrogen and oxygen atoms in total. The molecule has 0 aliphatic heterocycles. The third-order valence-electron chi connectivity index (χ3n) is 3.38. The Labute approximate surface area is 117 Å². The number of benzene rings is 1. The van der Waals surface area contributed by atoms with E-state index in [4.69, 9.17) is 0 Å². The first kappa shape index (κ1) is 15.2. The smallest absolute Gasteiger partial charge is 0.251 e. The Morgan fingerprint density at radius 3 is 2.28 bits per heavy atom. The molecule has 4 heteroatoms. The molecule has 0 bridgehead atoms. The summed E-state index contributed by atoms with van der Waals surface area (Å²) in [5.74, 6) is -0.183. The number of aryl methyl sites for hydroxylation is 1. The highest BCUT2D eigenvalue weighted by Crippen LogP contribution is 2.22. The maximum atomic E-state index is 12.1. The standard InChI is InChI=1S/C14H20BrNO2/c1-9-8-10(6-7-11(9)15)12(17)16-13(2,3)14(4,5)18/h6-8,18H,1-5H3,(H,16,17). The Morgan fingerprint density at radius 2 is 1.83 bits per heavy atom. The van der Waals surface area contributed by atoms with Crippen molar-refractivity contribution < 1.29 is 9.90 Å². The van der Waals surface area contributed by atoms with E-state index in [1.54, 1.807) is 33.8 Å². The van der Waals surface area contributed by atoms with Crippen LogP contribution in [0.2, 0.25) is 0 Å². The quantitative estimate of drug-likeness (QED) is 0.901. The van der Waals surface area contributed by atoms with Gasteiger partial charge < -0.3 is 10.4 Å². The fourth-order valence-corrected chi connectivity index (χ4v) is 1.54. The second kappa shape index (κ2) is 5.02. The van der Waals surface area contributed by atoms with Crippen molar-refractivity contribution in [2.75, 3.05) is 0 Å². The van der Waals surface area contributed by atoms with Crippen LogP contribution in [-0.2, 0) is 0 Å². The SMILES string of the molecule is Cc1cc(C(=O)NC(C)(C)C(C)(C)O)ccc1Br. The molecular weight excluding hydrogens is 294 g/mol. The van der Waals surface area contributed by atoms with E-state index in [1.165, 1.54) is 0 Å². The van der Waals surface area contributed by atoms with Crippen LogP contribution in [-0.4, -0.2) is 22.2 Å². The monoisotopic (exact) mass is 313 g/mol. The normalized spacial score (nSPS) is 12.4. The van der Waals surface area contributed by atoms with Crippen LogP contribution >= 0.6 is 15.9 Å². The second-order valence-corrected chi connectivity index (χ2v) is 6.46. The summed E-state index contributed by atoms with van der Waals surface area (Å²) in [6, 6.07) is 5.42. The summed E-state index contributed by atoms with van der Waals surface area (Å²) < 4.78 is 0.973. The number of carbonyl (C=O) groups excluding carboxylic acids is 1. The van der Waals surface area contributed by atoms with Gasteiger partial charge in [0, 0.05) is 10.0 Å². The maximum absolute atomic E-state index is 12.1. The van der Waals surface area contributed by atoms with Crippen LogP contribution in [0.5, 0.6) is 0 Å². The molecule has 0 aliphatic rings. The molecule has 2 N–H and O–H groups in total. The first-order valence-electron chi connectivity index (χ1n) is 5.85. The molecule has 1 aromatic carbocycles. The van der Waals surface area contributed by atoms with Crippen LogP contribution < -0.4 is 5.32 Å². The molecular formula is C14H20BrNO2. The van der Waals surface area contributed by atoms with Crippen molar-refractivity contribution in [3.05, 3.63) is 33.8 Å². The third-order valence-corrected chi connectivity index (χ3v) is 4.27. The number of rotatable bonds is 3. The Bertz CT molecular complexity index is 461. The van der Waals surface area contributed by atoms with E-state index in [1.807, 2.05) is 19.1 Å². The van der Waals surface area contributed by atoms with Gasteiger partial charge in [-0.2, -0.15) is 0 Å². The predicted molar refractivity (Wildman–Crippen MR) is 76.7 cm³/mol. The summed E-state index contributed by atoms with van der Waals surface area (Å²) in [4.78, 5) is 12.1. The maximum Gasteiger partial charge on any atom is 0.251 e. The van der Waals surface area contributed by atoms with Crippen molar-refractivity contribution in [2.45, 2.75) is 45.8 Å². The number of amides is 1. The zero-order valence-electron chi connectivity index (χ0n) is 11.5. The molecule has 0 saturated heterocycles. The number of carbonyl (C=O) groups is 1. The average molecular weight is 314 g/mol. The molecule has 1 rings (SSSR count). The lowest BCUT2D eigenvalue weighted by Crippen LogP contribution is -2.57. The van der Waals surface area contributed by atoms with Crippen LogP contribution in [0.4, 0.5) is 0 Å². The molecule has 100 valence electrons. The van der Waals surface area contributed by atoms with E-state index >= 15 is 0 Å². The molecule has 0 unspecified atom stereocenters. The summed E-state index contributed by atoms with van der Waals surface area (Å²) in [6.45, 7) is 8.90. The highest BCUT2D eigenvalue weighted by Gasteiger charge is 2.36. The predicted octanol–water partition coefficient (Wildman–Crippen LogP) is 3.04. The topological polar surface area (TPSA) is 49.3 Å². The van der Waals surface area contributed by atoms with Gasteiger partial charge in [0.1, 0.15) is 0 Å². The van der Waals surface area contributed by atoms with E-state index in [0.29, 0.717) is 5.56 Å². The van der Waals surface area contributed by atoms with E-state index < -0.39 is 11.1 Å². The third kappa shape index (κ3) is 3.33. The molecule has 0 aromatic heterocycles. The fraction of sp³-hybridized carbons (Fsp3) is 0.500. The minimum absolute atomic E-state index is 0.183. The summed E-state index contributed by atoms with van der Waals surface area (Å²) in [5, 5.41) is 12.9. The molecule has 0 radical (unpaired) electrons. The summed E-state index contributed by atoms with van der Waals surface area (Å²) in [5.41, 5.74) is -0.102. The van der Waals surface area contributed by atoms with Gasteiger partial charge in [0.15, 0.2) is 0 Å². The lowest BCUT2D eigenvalue weighted by atomic mass is 9.85. The highest BCUT2D eigenvalue weighted by atomic mass is 79.9. The molecule has 0 saturated carbocycles. The van der Waals surface area contributed by atoms with Crippen molar-refractivity contribution in [3.63, 3.8) is 0 Å². The Morgan fingerprint density at radius 1 is 1.28 bits per heavy atom. The minimum atomic E-state index is -0.993. The summed E-state index contributed by atoms with van der Waals surface area (Å²) in [6.07, 6.45) is 0. The van der Waals surface area contributed by atoms with Gasteiger partial charge in [0.2, 0.25) is 0 Å².